The van der Waals surface area contributed by atoms with Gasteiger partial charge in [0, 0.05) is 10.8 Å². The van der Waals surface area contributed by atoms with Crippen molar-refractivity contribution < 1.29 is 0 Å². The fourth-order valence-electron chi connectivity index (χ4n) is 1.18. The summed E-state index contributed by atoms with van der Waals surface area (Å²) in [6.07, 6.45) is 0. The molecule has 0 atom stereocenters. The van der Waals surface area contributed by atoms with Crippen LogP contribution >= 0.6 is 23.2 Å². The van der Waals surface area contributed by atoms with Gasteiger partial charge in [0.1, 0.15) is 4.33 Å². The van der Waals surface area contributed by atoms with Gasteiger partial charge in [-0.1, -0.05) is 27.7 Å². The zero-order valence-electron chi connectivity index (χ0n) is 6.26. The van der Waals surface area contributed by atoms with E-state index in [-0.39, 0.29) is 10.8 Å². The predicted octanol–water partition coefficient (Wildman–Crippen LogP) is 3.23. The van der Waals surface area contributed by atoms with E-state index in [1.165, 1.54) is 0 Å². The first-order valence-corrected chi connectivity index (χ1v) is 3.88. The Hall–Kier alpha value is 0.580. The van der Waals surface area contributed by atoms with Crippen molar-refractivity contribution in [2.75, 3.05) is 0 Å². The fourth-order valence-corrected chi connectivity index (χ4v) is 2.03. The number of rotatable bonds is 0. The Balaban J connectivity index is 2.91. The van der Waals surface area contributed by atoms with Crippen molar-refractivity contribution in [3.05, 3.63) is 0 Å². The van der Waals surface area contributed by atoms with Crippen LogP contribution in [0.15, 0.2) is 0 Å². The van der Waals surface area contributed by atoms with Crippen LogP contribution in [0.2, 0.25) is 0 Å². The lowest BCUT2D eigenvalue weighted by atomic mass is 10.0. The average Bonchev–Trinajstić information content (AvgIpc) is 1.84. The molecule has 0 aromatic carbocycles. The van der Waals surface area contributed by atoms with Gasteiger partial charge in [-0.15, -0.1) is 23.2 Å². The molecule has 1 aliphatic carbocycles. The Kier molecular flexibility index (Phi) is 1.22. The highest BCUT2D eigenvalue weighted by atomic mass is 35.5. The second-order valence-corrected chi connectivity index (χ2v) is 5.15. The van der Waals surface area contributed by atoms with Crippen molar-refractivity contribution in [2.45, 2.75) is 32.0 Å². The Bertz CT molecular complexity index is 104. The number of hydrogen-bond acceptors (Lipinski definition) is 0. The highest BCUT2D eigenvalue weighted by Crippen LogP contribution is 2.77. The van der Waals surface area contributed by atoms with Gasteiger partial charge in [-0.3, -0.25) is 0 Å². The highest BCUT2D eigenvalue weighted by Gasteiger charge is 2.76. The summed E-state index contributed by atoms with van der Waals surface area (Å²) in [6.45, 7) is 8.36. The standard InChI is InChI=1S/C7H12Cl2/c1-5(2)6(3,4)7(5,8)9/h1-4H3. The molecular weight excluding hydrogens is 155 g/mol. The minimum absolute atomic E-state index is 0.0725. The van der Waals surface area contributed by atoms with Gasteiger partial charge >= 0.3 is 0 Å². The molecule has 0 nitrogen and oxygen atoms in total. The van der Waals surface area contributed by atoms with Gasteiger partial charge < -0.3 is 0 Å². The third-order valence-electron chi connectivity index (χ3n) is 3.07. The molecule has 1 rings (SSSR count). The van der Waals surface area contributed by atoms with Crippen LogP contribution in [0, 0.1) is 10.8 Å². The van der Waals surface area contributed by atoms with Crippen molar-refractivity contribution >= 4 is 23.2 Å². The van der Waals surface area contributed by atoms with E-state index < -0.39 is 4.33 Å². The Morgan fingerprint density at radius 2 is 0.889 bits per heavy atom. The lowest BCUT2D eigenvalue weighted by molar-refractivity contribution is 0.457. The molecule has 0 saturated heterocycles. The molecule has 0 heterocycles. The average molecular weight is 167 g/mol. The summed E-state index contributed by atoms with van der Waals surface area (Å²) in [6, 6.07) is 0. The monoisotopic (exact) mass is 166 g/mol. The molecule has 0 N–H and O–H groups in total. The van der Waals surface area contributed by atoms with Crippen LogP contribution in [0.1, 0.15) is 27.7 Å². The summed E-state index contributed by atoms with van der Waals surface area (Å²) in [4.78, 5) is 0. The van der Waals surface area contributed by atoms with Gasteiger partial charge in [0.2, 0.25) is 0 Å². The van der Waals surface area contributed by atoms with Gasteiger partial charge in [-0.25, -0.2) is 0 Å². The number of alkyl halides is 2. The van der Waals surface area contributed by atoms with E-state index in [0.717, 1.165) is 0 Å². The lowest BCUT2D eigenvalue weighted by Crippen LogP contribution is -1.96. The van der Waals surface area contributed by atoms with Crippen molar-refractivity contribution in [1.29, 1.82) is 0 Å². The quantitative estimate of drug-likeness (QED) is 0.486. The van der Waals surface area contributed by atoms with E-state index >= 15 is 0 Å². The van der Waals surface area contributed by atoms with Crippen LogP contribution in [0.25, 0.3) is 0 Å². The van der Waals surface area contributed by atoms with Crippen LogP contribution in [-0.2, 0) is 0 Å². The second-order valence-electron chi connectivity index (χ2n) is 3.82. The fraction of sp³-hybridized carbons (Fsp3) is 1.00. The molecule has 0 aromatic heterocycles. The molecule has 0 radical (unpaired) electrons. The van der Waals surface area contributed by atoms with Gasteiger partial charge in [0.25, 0.3) is 0 Å². The molecule has 0 amide bonds. The first kappa shape index (κ1) is 7.68. The molecule has 1 aliphatic rings. The van der Waals surface area contributed by atoms with Crippen LogP contribution < -0.4 is 0 Å². The predicted molar refractivity (Wildman–Crippen MR) is 42.0 cm³/mol. The Labute approximate surface area is 66.5 Å². The maximum atomic E-state index is 5.99. The van der Waals surface area contributed by atoms with E-state index in [0.29, 0.717) is 0 Å². The van der Waals surface area contributed by atoms with E-state index in [2.05, 4.69) is 27.7 Å². The van der Waals surface area contributed by atoms with Crippen molar-refractivity contribution in [2.24, 2.45) is 10.8 Å². The summed E-state index contributed by atoms with van der Waals surface area (Å²) < 4.78 is -0.514. The Morgan fingerprint density at radius 1 is 0.778 bits per heavy atom. The molecule has 0 bridgehead atoms. The van der Waals surface area contributed by atoms with Gasteiger partial charge in [0.15, 0.2) is 0 Å². The van der Waals surface area contributed by atoms with E-state index in [1.807, 2.05) is 0 Å². The SMILES string of the molecule is CC1(C)C(C)(C)C1(Cl)Cl. The van der Waals surface area contributed by atoms with Crippen molar-refractivity contribution in [1.82, 2.24) is 0 Å². The Morgan fingerprint density at radius 3 is 0.889 bits per heavy atom. The van der Waals surface area contributed by atoms with E-state index in [1.54, 1.807) is 0 Å². The smallest absolute Gasteiger partial charge is 0.100 e. The summed E-state index contributed by atoms with van der Waals surface area (Å²) in [5.74, 6) is 0. The topological polar surface area (TPSA) is 0 Å². The zero-order valence-corrected chi connectivity index (χ0v) is 7.77. The van der Waals surface area contributed by atoms with Gasteiger partial charge in [-0.05, 0) is 0 Å². The zero-order chi connectivity index (χ0) is 7.50. The van der Waals surface area contributed by atoms with Gasteiger partial charge in [-0.2, -0.15) is 0 Å². The third-order valence-corrected chi connectivity index (χ3v) is 4.96. The van der Waals surface area contributed by atoms with Crippen LogP contribution in [0.4, 0.5) is 0 Å². The summed E-state index contributed by atoms with van der Waals surface area (Å²) in [5, 5.41) is 0. The number of hydrogen-bond donors (Lipinski definition) is 0. The molecular formula is C7H12Cl2. The minimum atomic E-state index is -0.514. The minimum Gasteiger partial charge on any atom is -0.100 e. The van der Waals surface area contributed by atoms with E-state index in [4.69, 9.17) is 23.2 Å². The third kappa shape index (κ3) is 0.568. The largest absolute Gasteiger partial charge is 0.129 e. The van der Waals surface area contributed by atoms with E-state index in [9.17, 15) is 0 Å². The molecule has 0 spiro atoms. The molecule has 54 valence electrons. The molecule has 0 aromatic rings. The first-order valence-electron chi connectivity index (χ1n) is 3.13. The second kappa shape index (κ2) is 1.43. The normalized spacial score (nSPS) is 34.0. The summed E-state index contributed by atoms with van der Waals surface area (Å²) in [7, 11) is 0. The number of halogens is 2. The van der Waals surface area contributed by atoms with Crippen LogP contribution in [0.5, 0.6) is 0 Å². The first-order chi connectivity index (χ1) is 3.75. The molecule has 1 saturated carbocycles. The molecule has 1 fully saturated rings. The van der Waals surface area contributed by atoms with Crippen LogP contribution in [0.3, 0.4) is 0 Å². The summed E-state index contributed by atoms with van der Waals surface area (Å²) in [5.41, 5.74) is 0.145. The highest BCUT2D eigenvalue weighted by molar-refractivity contribution is 6.52. The molecule has 2 heteroatoms. The lowest BCUT2D eigenvalue weighted by Gasteiger charge is -2.01. The maximum Gasteiger partial charge on any atom is 0.129 e. The van der Waals surface area contributed by atoms with Crippen molar-refractivity contribution in [3.8, 4) is 0 Å². The molecule has 0 unspecified atom stereocenters. The maximum absolute atomic E-state index is 5.99. The molecule has 0 aliphatic heterocycles. The van der Waals surface area contributed by atoms with Crippen LogP contribution in [-0.4, -0.2) is 4.33 Å². The summed E-state index contributed by atoms with van der Waals surface area (Å²) >= 11 is 12.0. The van der Waals surface area contributed by atoms with Gasteiger partial charge in [0.05, 0.1) is 0 Å². The molecule has 9 heavy (non-hydrogen) atoms. The van der Waals surface area contributed by atoms with Crippen molar-refractivity contribution in [3.63, 3.8) is 0 Å².